The van der Waals surface area contributed by atoms with Gasteiger partial charge in [0.2, 0.25) is 5.91 Å². The highest BCUT2D eigenvalue weighted by atomic mass is 35.5. The molecule has 1 aliphatic rings. The number of benzene rings is 1. The van der Waals surface area contributed by atoms with Gasteiger partial charge in [-0.05, 0) is 25.8 Å². The summed E-state index contributed by atoms with van der Waals surface area (Å²) in [5, 5.41) is 3.17. The molecular weight excluding hydrogens is 395 g/mol. The van der Waals surface area contributed by atoms with Crippen LogP contribution in [0.2, 0.25) is 0 Å². The first-order valence-corrected chi connectivity index (χ1v) is 8.62. The first-order chi connectivity index (χ1) is 12.8. The number of nitrogens with two attached hydrogens (primary N) is 2. The van der Waals surface area contributed by atoms with Crippen molar-refractivity contribution in [3.63, 3.8) is 0 Å². The third-order valence-electron chi connectivity index (χ3n) is 4.79. The Hall–Kier alpha value is -2.55. The van der Waals surface area contributed by atoms with Crippen molar-refractivity contribution in [2.45, 2.75) is 44.6 Å². The van der Waals surface area contributed by atoms with Crippen LogP contribution in [-0.2, 0) is 0 Å². The summed E-state index contributed by atoms with van der Waals surface area (Å²) in [6, 6.07) is 1.84. The SMILES string of the molecule is Cc1nc(N)cc(NC2CCCCC2c2c(C(N)=O)cc(F)c(F)c2F)n1.Cl. The Morgan fingerprint density at radius 1 is 1.14 bits per heavy atom. The van der Waals surface area contributed by atoms with Crippen molar-refractivity contribution in [2.75, 3.05) is 11.1 Å². The van der Waals surface area contributed by atoms with Crippen molar-refractivity contribution in [3.8, 4) is 0 Å². The van der Waals surface area contributed by atoms with Crippen molar-refractivity contribution < 1.29 is 18.0 Å². The molecule has 0 spiro atoms. The van der Waals surface area contributed by atoms with Crippen LogP contribution in [0.25, 0.3) is 0 Å². The number of carbonyl (C=O) groups is 1. The number of aryl methyl sites for hydroxylation is 1. The average molecular weight is 416 g/mol. The number of nitrogens with one attached hydrogen (secondary N) is 1. The molecule has 1 amide bonds. The number of amides is 1. The molecule has 1 aliphatic carbocycles. The van der Waals surface area contributed by atoms with Gasteiger partial charge in [0.1, 0.15) is 17.5 Å². The van der Waals surface area contributed by atoms with Gasteiger partial charge in [-0.25, -0.2) is 23.1 Å². The standard InChI is InChI=1S/C18H20F3N5O.ClH/c1-8-24-13(22)7-14(25-8)26-12-5-3-2-4-9(12)15-10(18(23)27)6-11(19)16(20)17(15)21;/h6-7,9,12H,2-5H2,1H3,(H2,23,27)(H3,22,24,25,26);1H. The van der Waals surface area contributed by atoms with Crippen molar-refractivity contribution in [1.82, 2.24) is 9.97 Å². The Morgan fingerprint density at radius 3 is 2.46 bits per heavy atom. The largest absolute Gasteiger partial charge is 0.384 e. The first kappa shape index (κ1) is 21.7. The molecule has 152 valence electrons. The summed E-state index contributed by atoms with van der Waals surface area (Å²) < 4.78 is 42.1. The molecule has 1 aromatic carbocycles. The fourth-order valence-corrected chi connectivity index (χ4v) is 3.68. The molecule has 1 aromatic heterocycles. The van der Waals surface area contributed by atoms with Crippen LogP contribution in [0.5, 0.6) is 0 Å². The molecule has 1 heterocycles. The molecule has 1 saturated carbocycles. The number of nitrogen functional groups attached to an aromatic ring is 1. The quantitative estimate of drug-likeness (QED) is 0.663. The van der Waals surface area contributed by atoms with Crippen molar-refractivity contribution in [3.05, 3.63) is 46.5 Å². The van der Waals surface area contributed by atoms with Crippen LogP contribution < -0.4 is 16.8 Å². The number of hydrogen-bond donors (Lipinski definition) is 3. The van der Waals surface area contributed by atoms with Gasteiger partial charge in [-0.1, -0.05) is 12.8 Å². The van der Waals surface area contributed by atoms with Gasteiger partial charge in [0.15, 0.2) is 17.5 Å². The number of aromatic nitrogens is 2. The molecule has 0 aliphatic heterocycles. The monoisotopic (exact) mass is 415 g/mol. The van der Waals surface area contributed by atoms with Crippen LogP contribution in [0.15, 0.2) is 12.1 Å². The molecule has 1 fully saturated rings. The lowest BCUT2D eigenvalue weighted by Gasteiger charge is -2.34. The van der Waals surface area contributed by atoms with Crippen LogP contribution in [0.1, 0.15) is 53.3 Å². The molecule has 0 saturated heterocycles. The summed E-state index contributed by atoms with van der Waals surface area (Å²) in [6.45, 7) is 1.68. The number of hydrogen-bond acceptors (Lipinski definition) is 5. The third-order valence-corrected chi connectivity index (χ3v) is 4.79. The summed E-state index contributed by atoms with van der Waals surface area (Å²) in [5.74, 6) is -4.83. The number of carbonyl (C=O) groups excluding carboxylic acids is 1. The van der Waals surface area contributed by atoms with Gasteiger partial charge in [0.05, 0.1) is 0 Å². The molecule has 2 atom stereocenters. The van der Waals surface area contributed by atoms with E-state index in [1.165, 1.54) is 6.07 Å². The van der Waals surface area contributed by atoms with Crippen LogP contribution in [0.4, 0.5) is 24.8 Å². The second kappa shape index (κ2) is 8.64. The Kier molecular flexibility index (Phi) is 6.71. The predicted octanol–water partition coefficient (Wildman–Crippen LogP) is 3.44. The summed E-state index contributed by atoms with van der Waals surface area (Å²) in [6.07, 6.45) is 2.72. The van der Waals surface area contributed by atoms with Gasteiger partial charge in [-0.2, -0.15) is 0 Å². The Labute approximate surface area is 166 Å². The number of rotatable bonds is 4. The minimum Gasteiger partial charge on any atom is -0.384 e. The fourth-order valence-electron chi connectivity index (χ4n) is 3.68. The van der Waals surface area contributed by atoms with E-state index >= 15 is 0 Å². The molecule has 6 nitrogen and oxygen atoms in total. The van der Waals surface area contributed by atoms with Gasteiger partial charge in [-0.3, -0.25) is 4.79 Å². The lowest BCUT2D eigenvalue weighted by Crippen LogP contribution is -2.33. The molecule has 5 N–H and O–H groups in total. The van der Waals surface area contributed by atoms with Gasteiger partial charge < -0.3 is 16.8 Å². The van der Waals surface area contributed by atoms with Crippen LogP contribution in [0, 0.1) is 24.4 Å². The highest BCUT2D eigenvalue weighted by Crippen LogP contribution is 2.38. The Balaban J connectivity index is 0.00000280. The molecule has 2 unspecified atom stereocenters. The van der Waals surface area contributed by atoms with E-state index < -0.39 is 29.3 Å². The van der Waals surface area contributed by atoms with Gasteiger partial charge >= 0.3 is 0 Å². The molecule has 2 aromatic rings. The minimum atomic E-state index is -1.61. The van der Waals surface area contributed by atoms with E-state index in [4.69, 9.17) is 11.5 Å². The average Bonchev–Trinajstić information content (AvgIpc) is 2.59. The van der Waals surface area contributed by atoms with Gasteiger partial charge in [0, 0.05) is 29.2 Å². The van der Waals surface area contributed by atoms with E-state index in [2.05, 4.69) is 15.3 Å². The topological polar surface area (TPSA) is 107 Å². The van der Waals surface area contributed by atoms with E-state index in [-0.39, 0.29) is 35.4 Å². The normalized spacial score (nSPS) is 19.0. The van der Waals surface area contributed by atoms with E-state index in [9.17, 15) is 18.0 Å². The van der Waals surface area contributed by atoms with Crippen LogP contribution >= 0.6 is 12.4 Å². The summed E-state index contributed by atoms with van der Waals surface area (Å²) in [5.41, 5.74) is 10.5. The number of halogens is 4. The van der Waals surface area contributed by atoms with Crippen molar-refractivity contribution in [1.29, 1.82) is 0 Å². The number of anilines is 2. The predicted molar refractivity (Wildman–Crippen MR) is 102 cm³/mol. The maximum absolute atomic E-state index is 14.6. The Bertz CT molecular complexity index is 876. The lowest BCUT2D eigenvalue weighted by molar-refractivity contribution is 0.0997. The molecule has 3 rings (SSSR count). The molecular formula is C18H21ClF3N5O. The third kappa shape index (κ3) is 4.30. The lowest BCUT2D eigenvalue weighted by atomic mass is 9.77. The van der Waals surface area contributed by atoms with E-state index in [0.29, 0.717) is 30.6 Å². The Morgan fingerprint density at radius 2 is 1.82 bits per heavy atom. The van der Waals surface area contributed by atoms with Crippen molar-refractivity contribution in [2.24, 2.45) is 5.73 Å². The van der Waals surface area contributed by atoms with Crippen LogP contribution in [-0.4, -0.2) is 21.9 Å². The summed E-state index contributed by atoms with van der Waals surface area (Å²) in [4.78, 5) is 20.0. The number of primary amides is 1. The van der Waals surface area contributed by atoms with Gasteiger partial charge in [0.25, 0.3) is 0 Å². The molecule has 10 heteroatoms. The van der Waals surface area contributed by atoms with Crippen LogP contribution in [0.3, 0.4) is 0 Å². The zero-order valence-corrected chi connectivity index (χ0v) is 16.0. The fraction of sp³-hybridized carbons (Fsp3) is 0.389. The smallest absolute Gasteiger partial charge is 0.249 e. The summed E-state index contributed by atoms with van der Waals surface area (Å²) in [7, 11) is 0. The second-order valence-electron chi connectivity index (χ2n) is 6.68. The summed E-state index contributed by atoms with van der Waals surface area (Å²) >= 11 is 0. The van der Waals surface area contributed by atoms with E-state index in [1.807, 2.05) is 0 Å². The van der Waals surface area contributed by atoms with E-state index in [0.717, 1.165) is 12.8 Å². The number of nitrogens with zero attached hydrogens (tertiary/aromatic N) is 2. The van der Waals surface area contributed by atoms with E-state index in [1.54, 1.807) is 6.92 Å². The van der Waals surface area contributed by atoms with Crippen molar-refractivity contribution >= 4 is 29.9 Å². The maximum Gasteiger partial charge on any atom is 0.249 e. The molecule has 28 heavy (non-hydrogen) atoms. The molecule has 0 bridgehead atoms. The second-order valence-corrected chi connectivity index (χ2v) is 6.68. The zero-order valence-electron chi connectivity index (χ0n) is 15.1. The first-order valence-electron chi connectivity index (χ1n) is 8.62. The van der Waals surface area contributed by atoms with Gasteiger partial charge in [-0.15, -0.1) is 12.4 Å². The highest BCUT2D eigenvalue weighted by Gasteiger charge is 2.34. The maximum atomic E-state index is 14.6. The zero-order chi connectivity index (χ0) is 19.7. The minimum absolute atomic E-state index is 0. The molecule has 0 radical (unpaired) electrons. The highest BCUT2D eigenvalue weighted by molar-refractivity contribution is 5.94.